The monoisotopic (exact) mass is 502 g/mol. The zero-order valence-corrected chi connectivity index (χ0v) is 19.2. The second kappa shape index (κ2) is 9.72. The number of H-pyrrole nitrogens is 1. The molecular weight excluding hydrogens is 481 g/mol. The molecule has 0 radical (unpaired) electrons. The molecule has 0 spiro atoms. The molecule has 4 rings (SSSR count). The van der Waals surface area contributed by atoms with Crippen molar-refractivity contribution in [3.63, 3.8) is 0 Å². The van der Waals surface area contributed by atoms with Crippen LogP contribution in [0.2, 0.25) is 0 Å². The van der Waals surface area contributed by atoms with Crippen molar-refractivity contribution in [1.29, 1.82) is 0 Å². The van der Waals surface area contributed by atoms with Gasteiger partial charge in [0.1, 0.15) is 5.75 Å². The van der Waals surface area contributed by atoms with Gasteiger partial charge >= 0.3 is 24.3 Å². The van der Waals surface area contributed by atoms with E-state index in [2.05, 4.69) is 20.0 Å². The molecule has 0 bridgehead atoms. The van der Waals surface area contributed by atoms with Crippen LogP contribution in [0.1, 0.15) is 16.1 Å². The number of aromatic amines is 1. The van der Waals surface area contributed by atoms with Crippen LogP contribution in [0.3, 0.4) is 0 Å². The van der Waals surface area contributed by atoms with E-state index in [-0.39, 0.29) is 11.7 Å². The fourth-order valence-corrected chi connectivity index (χ4v) is 3.56. The fraction of sp³-hybridized carbons (Fsp3) is 0.250. The van der Waals surface area contributed by atoms with Crippen molar-refractivity contribution in [2.24, 2.45) is 0 Å². The minimum atomic E-state index is -5.29. The molecule has 0 saturated carbocycles. The minimum Gasteiger partial charge on any atom is -0.446 e. The first-order valence-corrected chi connectivity index (χ1v) is 10.8. The van der Waals surface area contributed by atoms with Gasteiger partial charge in [0.05, 0.1) is 11.3 Å². The van der Waals surface area contributed by atoms with Crippen molar-refractivity contribution in [2.75, 3.05) is 20.6 Å². The van der Waals surface area contributed by atoms with E-state index in [9.17, 15) is 27.6 Å². The Bertz CT molecular complexity index is 1320. The fourth-order valence-electron chi connectivity index (χ4n) is 3.56. The lowest BCUT2D eigenvalue weighted by Crippen LogP contribution is -2.43. The number of aromatic nitrogens is 2. The number of carbonyl (C=O) groups is 3. The molecule has 1 atom stereocenters. The number of carbonyl (C=O) groups excluding carboxylic acids is 3. The van der Waals surface area contributed by atoms with Crippen LogP contribution in [-0.4, -0.2) is 65.8 Å². The standard InChI is InChI=1S/C24H21F3N4O5/c1-31(2)21(33)22(36-23(34)24(25,26)27)35-15-5-3-4-13(10-15)18-11-14(6-8-28-18)19-12-16-17(30-19)7-9-29-20(16)32/h3-6,8,10-12,22,30H,7,9H2,1-2H3,(H,29,32). The Morgan fingerprint density at radius 1 is 1.11 bits per heavy atom. The Labute approximate surface area is 203 Å². The van der Waals surface area contributed by atoms with Crippen LogP contribution in [0.25, 0.3) is 22.5 Å². The average molecular weight is 502 g/mol. The number of amides is 2. The first kappa shape index (κ1) is 24.8. The predicted molar refractivity (Wildman–Crippen MR) is 121 cm³/mol. The molecule has 188 valence electrons. The number of hydrogen-bond donors (Lipinski definition) is 2. The lowest BCUT2D eigenvalue weighted by atomic mass is 10.1. The van der Waals surface area contributed by atoms with Gasteiger partial charge in [0.15, 0.2) is 0 Å². The Kier molecular flexibility index (Phi) is 6.69. The number of alkyl halides is 3. The maximum Gasteiger partial charge on any atom is 0.491 e. The third kappa shape index (κ3) is 5.32. The second-order valence-corrected chi connectivity index (χ2v) is 8.12. The van der Waals surface area contributed by atoms with E-state index in [1.54, 1.807) is 36.5 Å². The maximum absolute atomic E-state index is 12.7. The van der Waals surface area contributed by atoms with E-state index in [1.165, 1.54) is 26.2 Å². The van der Waals surface area contributed by atoms with Gasteiger partial charge in [0, 0.05) is 55.8 Å². The zero-order valence-electron chi connectivity index (χ0n) is 19.2. The summed E-state index contributed by atoms with van der Waals surface area (Å²) in [6, 6.07) is 11.4. The van der Waals surface area contributed by atoms with Gasteiger partial charge in [-0.15, -0.1) is 0 Å². The number of nitrogens with one attached hydrogen (secondary N) is 2. The highest BCUT2D eigenvalue weighted by Crippen LogP contribution is 2.29. The van der Waals surface area contributed by atoms with Crippen molar-refractivity contribution in [3.05, 3.63) is 59.9 Å². The molecule has 0 fully saturated rings. The molecule has 1 aromatic carbocycles. The highest BCUT2D eigenvalue weighted by molar-refractivity contribution is 5.97. The van der Waals surface area contributed by atoms with Crippen LogP contribution in [0.4, 0.5) is 13.2 Å². The van der Waals surface area contributed by atoms with Crippen LogP contribution in [0, 0.1) is 0 Å². The van der Waals surface area contributed by atoms with Crippen molar-refractivity contribution >= 4 is 17.8 Å². The normalized spacial score (nSPS) is 13.9. The maximum atomic E-state index is 12.7. The number of hydrogen-bond acceptors (Lipinski definition) is 6. The van der Waals surface area contributed by atoms with Crippen molar-refractivity contribution in [3.8, 4) is 28.3 Å². The van der Waals surface area contributed by atoms with Gasteiger partial charge in [-0.05, 0) is 30.3 Å². The number of esters is 1. The molecule has 1 aliphatic rings. The van der Waals surface area contributed by atoms with E-state index >= 15 is 0 Å². The Hall–Kier alpha value is -4.35. The second-order valence-electron chi connectivity index (χ2n) is 8.12. The molecule has 36 heavy (non-hydrogen) atoms. The number of rotatable bonds is 6. The smallest absolute Gasteiger partial charge is 0.446 e. The summed E-state index contributed by atoms with van der Waals surface area (Å²) in [7, 11) is 2.57. The quantitative estimate of drug-likeness (QED) is 0.396. The number of nitrogens with zero attached hydrogens (tertiary/aromatic N) is 2. The number of benzene rings is 1. The summed E-state index contributed by atoms with van der Waals surface area (Å²) < 4.78 is 47.7. The SMILES string of the molecule is CN(C)C(=O)C(OC(=O)C(F)(F)F)Oc1cccc(-c2cc(-c3cc4c([nH]3)CCNC4=O)ccn2)c1. The molecule has 3 heterocycles. The minimum absolute atomic E-state index is 0.0121. The van der Waals surface area contributed by atoms with Crippen LogP contribution < -0.4 is 10.1 Å². The highest BCUT2D eigenvalue weighted by Gasteiger charge is 2.44. The van der Waals surface area contributed by atoms with Crippen LogP contribution in [0.15, 0.2) is 48.7 Å². The molecule has 0 aliphatic carbocycles. The van der Waals surface area contributed by atoms with Gasteiger partial charge in [0.2, 0.25) is 0 Å². The predicted octanol–water partition coefficient (Wildman–Crippen LogP) is 2.93. The summed E-state index contributed by atoms with van der Waals surface area (Å²) in [5.74, 6) is -3.69. The van der Waals surface area contributed by atoms with Gasteiger partial charge in [-0.1, -0.05) is 12.1 Å². The number of pyridine rings is 1. The van der Waals surface area contributed by atoms with Gasteiger partial charge in [-0.2, -0.15) is 13.2 Å². The summed E-state index contributed by atoms with van der Waals surface area (Å²) in [6.07, 6.45) is -5.18. The molecule has 2 aromatic heterocycles. The summed E-state index contributed by atoms with van der Waals surface area (Å²) in [5.41, 5.74) is 3.93. The third-order valence-corrected chi connectivity index (χ3v) is 5.34. The summed E-state index contributed by atoms with van der Waals surface area (Å²) in [5, 5.41) is 2.79. The number of likely N-dealkylation sites (N-methyl/N-ethyl adjacent to an activating group) is 1. The molecule has 9 nitrogen and oxygen atoms in total. The van der Waals surface area contributed by atoms with Gasteiger partial charge < -0.3 is 24.7 Å². The van der Waals surface area contributed by atoms with E-state index in [0.29, 0.717) is 29.8 Å². The largest absolute Gasteiger partial charge is 0.491 e. The van der Waals surface area contributed by atoms with Crippen LogP contribution in [0.5, 0.6) is 5.75 Å². The third-order valence-electron chi connectivity index (χ3n) is 5.34. The molecule has 1 aliphatic heterocycles. The van der Waals surface area contributed by atoms with E-state index in [0.717, 1.165) is 21.9 Å². The number of fused-ring (bicyclic) bond motifs is 1. The molecule has 2 N–H and O–H groups in total. The van der Waals surface area contributed by atoms with E-state index in [4.69, 9.17) is 4.74 Å². The zero-order chi connectivity index (χ0) is 26.0. The number of halogens is 3. The molecule has 3 aromatic rings. The highest BCUT2D eigenvalue weighted by atomic mass is 19.4. The van der Waals surface area contributed by atoms with Crippen LogP contribution in [-0.2, 0) is 20.7 Å². The van der Waals surface area contributed by atoms with E-state index < -0.39 is 24.3 Å². The Balaban J connectivity index is 1.60. The molecule has 1 unspecified atom stereocenters. The average Bonchev–Trinajstić information content (AvgIpc) is 3.29. The first-order valence-electron chi connectivity index (χ1n) is 10.8. The molecule has 12 heteroatoms. The van der Waals surface area contributed by atoms with Crippen LogP contribution >= 0.6 is 0 Å². The van der Waals surface area contributed by atoms with Crippen molar-refractivity contribution in [1.82, 2.24) is 20.2 Å². The lowest BCUT2D eigenvalue weighted by molar-refractivity contribution is -0.217. The summed E-state index contributed by atoms with van der Waals surface area (Å²) in [6.45, 7) is 0.551. The summed E-state index contributed by atoms with van der Waals surface area (Å²) in [4.78, 5) is 44.2. The molecule has 0 saturated heterocycles. The van der Waals surface area contributed by atoms with Gasteiger partial charge in [-0.3, -0.25) is 14.6 Å². The topological polar surface area (TPSA) is 114 Å². The molecule has 2 amide bonds. The van der Waals surface area contributed by atoms with Crippen molar-refractivity contribution in [2.45, 2.75) is 18.9 Å². The lowest BCUT2D eigenvalue weighted by Gasteiger charge is -2.22. The number of ether oxygens (including phenoxy) is 2. The van der Waals surface area contributed by atoms with E-state index in [1.807, 2.05) is 0 Å². The van der Waals surface area contributed by atoms with Crippen molar-refractivity contribution < 1.29 is 37.0 Å². The first-order chi connectivity index (χ1) is 17.0. The Morgan fingerprint density at radius 2 is 1.89 bits per heavy atom. The summed E-state index contributed by atoms with van der Waals surface area (Å²) >= 11 is 0. The molecular formula is C24H21F3N4O5. The Morgan fingerprint density at radius 3 is 2.58 bits per heavy atom. The van der Waals surface area contributed by atoms with Gasteiger partial charge in [-0.25, -0.2) is 4.79 Å². The van der Waals surface area contributed by atoms with Gasteiger partial charge in [0.25, 0.3) is 5.91 Å².